The summed E-state index contributed by atoms with van der Waals surface area (Å²) >= 11 is 0. The fraction of sp³-hybridized carbons (Fsp3) is 0.611. The number of carbonyl (C=O) groups is 1. The van der Waals surface area contributed by atoms with Gasteiger partial charge in [0.25, 0.3) is 0 Å². The van der Waals surface area contributed by atoms with Gasteiger partial charge in [-0.15, -0.1) is 0 Å². The monoisotopic (exact) mass is 358 g/mol. The lowest BCUT2D eigenvalue weighted by atomic mass is 9.88. The second kappa shape index (κ2) is 6.42. The van der Waals surface area contributed by atoms with E-state index in [-0.39, 0.29) is 18.6 Å². The molecule has 25 heavy (non-hydrogen) atoms. The largest absolute Gasteiger partial charge is 0.488 e. The van der Waals surface area contributed by atoms with Gasteiger partial charge in [-0.3, -0.25) is 0 Å². The van der Waals surface area contributed by atoms with Crippen LogP contribution in [0.4, 0.5) is 23.7 Å². The van der Waals surface area contributed by atoms with Crippen molar-refractivity contribution in [2.45, 2.75) is 58.4 Å². The summed E-state index contributed by atoms with van der Waals surface area (Å²) in [4.78, 5) is 13.7. The molecule has 0 aliphatic carbocycles. The van der Waals surface area contributed by atoms with Crippen molar-refractivity contribution in [2.24, 2.45) is 5.92 Å². The molecule has 1 heterocycles. The normalized spacial score (nSPS) is 20.5. The highest BCUT2D eigenvalue weighted by Crippen LogP contribution is 2.44. The van der Waals surface area contributed by atoms with Crippen LogP contribution >= 0.6 is 0 Å². The van der Waals surface area contributed by atoms with Crippen molar-refractivity contribution in [1.82, 2.24) is 4.90 Å². The Morgan fingerprint density at radius 1 is 1.20 bits per heavy atom. The first-order chi connectivity index (χ1) is 11.3. The van der Waals surface area contributed by atoms with E-state index in [0.29, 0.717) is 11.4 Å². The van der Waals surface area contributed by atoms with E-state index in [1.807, 2.05) is 20.8 Å². The highest BCUT2D eigenvalue weighted by Gasteiger charge is 2.56. The zero-order valence-corrected chi connectivity index (χ0v) is 15.2. The third kappa shape index (κ3) is 4.58. The molecule has 1 aliphatic rings. The number of amides is 2. The van der Waals surface area contributed by atoms with Gasteiger partial charge in [0.1, 0.15) is 11.4 Å². The minimum absolute atomic E-state index is 0.0776. The molecule has 0 saturated carbocycles. The van der Waals surface area contributed by atoms with E-state index >= 15 is 0 Å². The Bertz CT molecular complexity index is 619. The van der Waals surface area contributed by atoms with Gasteiger partial charge in [-0.25, -0.2) is 4.79 Å². The van der Waals surface area contributed by atoms with Crippen LogP contribution in [0.2, 0.25) is 0 Å². The number of alkyl halides is 3. The summed E-state index contributed by atoms with van der Waals surface area (Å²) in [6, 6.07) is 6.25. The SMILES string of the molecule is CC(C)(C)Oc1ccc(NC(=O)N2CC[C@@H](C(F)(F)F)C2(C)C)cc1. The third-order valence-corrected chi connectivity index (χ3v) is 4.36. The predicted molar refractivity (Wildman–Crippen MR) is 90.8 cm³/mol. The van der Waals surface area contributed by atoms with Gasteiger partial charge in [-0.05, 0) is 65.3 Å². The molecule has 140 valence electrons. The molecule has 0 unspecified atom stereocenters. The lowest BCUT2D eigenvalue weighted by molar-refractivity contribution is -0.189. The molecule has 1 saturated heterocycles. The maximum absolute atomic E-state index is 13.1. The van der Waals surface area contributed by atoms with Crippen molar-refractivity contribution in [2.75, 3.05) is 11.9 Å². The maximum Gasteiger partial charge on any atom is 0.394 e. The Labute approximate surface area is 146 Å². The summed E-state index contributed by atoms with van der Waals surface area (Å²) in [7, 11) is 0. The minimum atomic E-state index is -4.32. The second-order valence-electron chi connectivity index (χ2n) is 7.86. The van der Waals surface area contributed by atoms with Crippen LogP contribution in [0.15, 0.2) is 24.3 Å². The zero-order valence-electron chi connectivity index (χ0n) is 15.2. The van der Waals surface area contributed by atoms with Crippen LogP contribution in [0.25, 0.3) is 0 Å². The Kier molecular flexibility index (Phi) is 4.99. The quantitative estimate of drug-likeness (QED) is 0.803. The molecule has 0 spiro atoms. The standard InChI is InChI=1S/C18H25F3N2O2/c1-16(2,3)25-13-8-6-12(7-9-13)22-15(24)23-11-10-14(17(23,4)5)18(19,20)21/h6-9,14H,10-11H2,1-5H3,(H,22,24)/t14-/m1/s1. The van der Waals surface area contributed by atoms with Crippen LogP contribution in [0.5, 0.6) is 5.75 Å². The molecular formula is C18H25F3N2O2. The first-order valence-electron chi connectivity index (χ1n) is 8.25. The fourth-order valence-electron chi connectivity index (χ4n) is 3.17. The molecule has 1 fully saturated rings. The first kappa shape index (κ1) is 19.4. The third-order valence-electron chi connectivity index (χ3n) is 4.36. The van der Waals surface area contributed by atoms with Crippen LogP contribution in [0.3, 0.4) is 0 Å². The van der Waals surface area contributed by atoms with Gasteiger partial charge >= 0.3 is 12.2 Å². The second-order valence-corrected chi connectivity index (χ2v) is 7.86. The molecule has 0 aromatic heterocycles. The number of carbonyl (C=O) groups excluding carboxylic acids is 1. The molecule has 2 rings (SSSR count). The minimum Gasteiger partial charge on any atom is -0.488 e. The van der Waals surface area contributed by atoms with E-state index in [1.165, 1.54) is 18.7 Å². The molecule has 7 heteroatoms. The van der Waals surface area contributed by atoms with Crippen LogP contribution in [-0.2, 0) is 0 Å². The van der Waals surface area contributed by atoms with Crippen LogP contribution in [-0.4, -0.2) is 34.8 Å². The number of anilines is 1. The zero-order chi connectivity index (χ0) is 19.0. The summed E-state index contributed by atoms with van der Waals surface area (Å²) in [6.45, 7) is 8.77. The highest BCUT2D eigenvalue weighted by atomic mass is 19.4. The molecule has 4 nitrogen and oxygen atoms in total. The number of urea groups is 1. The van der Waals surface area contributed by atoms with E-state index in [9.17, 15) is 18.0 Å². The summed E-state index contributed by atoms with van der Waals surface area (Å²) in [5, 5.41) is 2.67. The number of benzene rings is 1. The van der Waals surface area contributed by atoms with Gasteiger partial charge < -0.3 is 15.0 Å². The van der Waals surface area contributed by atoms with E-state index in [4.69, 9.17) is 4.74 Å². The topological polar surface area (TPSA) is 41.6 Å². The van der Waals surface area contributed by atoms with Crippen LogP contribution in [0, 0.1) is 5.92 Å². The maximum atomic E-state index is 13.1. The summed E-state index contributed by atoms with van der Waals surface area (Å²) in [6.07, 6.45) is -4.40. The Morgan fingerprint density at radius 2 is 1.76 bits per heavy atom. The van der Waals surface area contributed by atoms with E-state index < -0.39 is 23.7 Å². The Hall–Kier alpha value is -1.92. The van der Waals surface area contributed by atoms with Crippen molar-refractivity contribution >= 4 is 11.7 Å². The molecule has 1 aromatic rings. The molecule has 2 amide bonds. The molecule has 1 aliphatic heterocycles. The molecule has 1 N–H and O–H groups in total. The van der Waals surface area contributed by atoms with Gasteiger partial charge in [-0.2, -0.15) is 13.2 Å². The molecule has 1 aromatic carbocycles. The van der Waals surface area contributed by atoms with Gasteiger partial charge in [-0.1, -0.05) is 0 Å². The molecule has 0 radical (unpaired) electrons. The number of hydrogen-bond acceptors (Lipinski definition) is 2. The molecular weight excluding hydrogens is 333 g/mol. The van der Waals surface area contributed by atoms with Crippen molar-refractivity contribution in [3.8, 4) is 5.75 Å². The van der Waals surface area contributed by atoms with Crippen molar-refractivity contribution in [1.29, 1.82) is 0 Å². The van der Waals surface area contributed by atoms with Crippen LogP contribution in [0.1, 0.15) is 41.0 Å². The summed E-state index contributed by atoms with van der Waals surface area (Å²) in [5.41, 5.74) is -1.10. The van der Waals surface area contributed by atoms with E-state index in [0.717, 1.165) is 0 Å². The van der Waals surface area contributed by atoms with Crippen molar-refractivity contribution in [3.05, 3.63) is 24.3 Å². The first-order valence-corrected chi connectivity index (χ1v) is 8.25. The summed E-state index contributed by atoms with van der Waals surface area (Å²) in [5.74, 6) is -0.863. The number of halogens is 3. The number of likely N-dealkylation sites (tertiary alicyclic amines) is 1. The average Bonchev–Trinajstić information content (AvgIpc) is 2.74. The predicted octanol–water partition coefficient (Wildman–Crippen LogP) is 5.06. The van der Waals surface area contributed by atoms with Gasteiger partial charge in [0.2, 0.25) is 0 Å². The molecule has 0 bridgehead atoms. The number of ether oxygens (including phenoxy) is 1. The van der Waals surface area contributed by atoms with Crippen molar-refractivity contribution in [3.63, 3.8) is 0 Å². The lowest BCUT2D eigenvalue weighted by Gasteiger charge is -2.36. The van der Waals surface area contributed by atoms with Gasteiger partial charge in [0, 0.05) is 12.2 Å². The fourth-order valence-corrected chi connectivity index (χ4v) is 3.17. The lowest BCUT2D eigenvalue weighted by Crippen LogP contribution is -2.51. The van der Waals surface area contributed by atoms with Crippen molar-refractivity contribution < 1.29 is 22.7 Å². The van der Waals surface area contributed by atoms with Gasteiger partial charge in [0.15, 0.2) is 0 Å². The number of nitrogens with zero attached hydrogens (tertiary/aromatic N) is 1. The molecule has 1 atom stereocenters. The van der Waals surface area contributed by atoms with Gasteiger partial charge in [0.05, 0.1) is 11.5 Å². The highest BCUT2D eigenvalue weighted by molar-refractivity contribution is 5.90. The smallest absolute Gasteiger partial charge is 0.394 e. The summed E-state index contributed by atoms with van der Waals surface area (Å²) < 4.78 is 45.1. The Morgan fingerprint density at radius 3 is 2.20 bits per heavy atom. The van der Waals surface area contributed by atoms with E-state index in [1.54, 1.807) is 24.3 Å². The van der Waals surface area contributed by atoms with Crippen LogP contribution < -0.4 is 10.1 Å². The average molecular weight is 358 g/mol. The number of hydrogen-bond donors (Lipinski definition) is 1. The Balaban J connectivity index is 2.05. The number of nitrogens with one attached hydrogen (secondary N) is 1. The number of rotatable bonds is 2. The van der Waals surface area contributed by atoms with E-state index in [2.05, 4.69) is 5.32 Å².